The summed E-state index contributed by atoms with van der Waals surface area (Å²) in [6, 6.07) is 22.9. The van der Waals surface area contributed by atoms with Gasteiger partial charge in [0.25, 0.3) is 5.91 Å². The van der Waals surface area contributed by atoms with Crippen LogP contribution in [0.25, 0.3) is 0 Å². The number of hydrogen-bond donors (Lipinski definition) is 2. The molecule has 132 valence electrons. The van der Waals surface area contributed by atoms with Crippen LogP contribution in [0.3, 0.4) is 0 Å². The van der Waals surface area contributed by atoms with Crippen LogP contribution in [0.2, 0.25) is 0 Å². The fourth-order valence-corrected chi connectivity index (χ4v) is 2.51. The average Bonchev–Trinajstić information content (AvgIpc) is 2.66. The standard InChI is InChI=1S/C22H22N2O2/c1-3-26-21-14-12-19(13-15-21)23-18-8-10-20(11-9-18)24-22(25)17-6-4-16(2)5-7-17/h4-15,23H,3H2,1-2H3,(H,24,25). The predicted octanol–water partition coefficient (Wildman–Crippen LogP) is 5.39. The molecule has 0 aliphatic carbocycles. The van der Waals surface area contributed by atoms with Crippen LogP contribution in [0.5, 0.6) is 5.75 Å². The summed E-state index contributed by atoms with van der Waals surface area (Å²) in [5.41, 5.74) is 4.46. The van der Waals surface area contributed by atoms with Crippen molar-refractivity contribution in [1.29, 1.82) is 0 Å². The Morgan fingerprint density at radius 1 is 0.808 bits per heavy atom. The first kappa shape index (κ1) is 17.5. The second kappa shape index (κ2) is 8.21. The van der Waals surface area contributed by atoms with Gasteiger partial charge in [-0.2, -0.15) is 0 Å². The van der Waals surface area contributed by atoms with Gasteiger partial charge >= 0.3 is 0 Å². The van der Waals surface area contributed by atoms with Gasteiger partial charge in [-0.3, -0.25) is 4.79 Å². The van der Waals surface area contributed by atoms with E-state index in [1.807, 2.05) is 86.6 Å². The number of amides is 1. The van der Waals surface area contributed by atoms with Crippen molar-refractivity contribution in [3.8, 4) is 5.75 Å². The van der Waals surface area contributed by atoms with E-state index in [1.165, 1.54) is 0 Å². The highest BCUT2D eigenvalue weighted by molar-refractivity contribution is 6.04. The molecule has 3 aromatic rings. The number of ether oxygens (including phenoxy) is 1. The molecule has 0 heterocycles. The van der Waals surface area contributed by atoms with E-state index in [0.29, 0.717) is 12.2 Å². The summed E-state index contributed by atoms with van der Waals surface area (Å²) in [7, 11) is 0. The van der Waals surface area contributed by atoms with E-state index in [2.05, 4.69) is 10.6 Å². The molecule has 0 saturated carbocycles. The zero-order valence-electron chi connectivity index (χ0n) is 15.0. The lowest BCUT2D eigenvalue weighted by atomic mass is 10.1. The number of nitrogens with one attached hydrogen (secondary N) is 2. The number of carbonyl (C=O) groups excluding carboxylic acids is 1. The lowest BCUT2D eigenvalue weighted by Crippen LogP contribution is -2.11. The first-order valence-electron chi connectivity index (χ1n) is 8.62. The topological polar surface area (TPSA) is 50.4 Å². The number of carbonyl (C=O) groups is 1. The number of hydrogen-bond acceptors (Lipinski definition) is 3. The quantitative estimate of drug-likeness (QED) is 0.629. The van der Waals surface area contributed by atoms with E-state index in [0.717, 1.165) is 28.4 Å². The fourth-order valence-electron chi connectivity index (χ4n) is 2.51. The monoisotopic (exact) mass is 346 g/mol. The predicted molar refractivity (Wildman–Crippen MR) is 106 cm³/mol. The Kier molecular flexibility index (Phi) is 5.54. The van der Waals surface area contributed by atoms with E-state index in [-0.39, 0.29) is 5.91 Å². The Hall–Kier alpha value is -3.27. The minimum atomic E-state index is -0.114. The smallest absolute Gasteiger partial charge is 0.255 e. The molecule has 0 fully saturated rings. The molecule has 1 amide bonds. The van der Waals surface area contributed by atoms with Crippen LogP contribution in [-0.2, 0) is 0 Å². The number of benzene rings is 3. The van der Waals surface area contributed by atoms with Gasteiger partial charge in [0.1, 0.15) is 5.75 Å². The van der Waals surface area contributed by atoms with Gasteiger partial charge in [0.05, 0.1) is 6.61 Å². The minimum absolute atomic E-state index is 0.114. The first-order valence-corrected chi connectivity index (χ1v) is 8.62. The SMILES string of the molecule is CCOc1ccc(Nc2ccc(NC(=O)c3ccc(C)cc3)cc2)cc1. The van der Waals surface area contributed by atoms with Crippen molar-refractivity contribution < 1.29 is 9.53 Å². The van der Waals surface area contributed by atoms with Crippen molar-refractivity contribution in [3.63, 3.8) is 0 Å². The van der Waals surface area contributed by atoms with Crippen LogP contribution in [0, 0.1) is 6.92 Å². The number of anilines is 3. The minimum Gasteiger partial charge on any atom is -0.494 e. The zero-order valence-corrected chi connectivity index (χ0v) is 15.0. The molecule has 0 atom stereocenters. The third-order valence-electron chi connectivity index (χ3n) is 3.91. The lowest BCUT2D eigenvalue weighted by molar-refractivity contribution is 0.102. The van der Waals surface area contributed by atoms with Gasteiger partial charge in [0.2, 0.25) is 0 Å². The van der Waals surface area contributed by atoms with E-state index in [1.54, 1.807) is 0 Å². The molecule has 0 radical (unpaired) electrons. The van der Waals surface area contributed by atoms with Gasteiger partial charge < -0.3 is 15.4 Å². The Labute approximate surface area is 153 Å². The van der Waals surface area contributed by atoms with E-state index < -0.39 is 0 Å². The Morgan fingerprint density at radius 3 is 1.92 bits per heavy atom. The molecule has 0 aliphatic heterocycles. The fraction of sp³-hybridized carbons (Fsp3) is 0.136. The molecule has 0 aromatic heterocycles. The van der Waals surface area contributed by atoms with Gasteiger partial charge in [-0.25, -0.2) is 0 Å². The maximum Gasteiger partial charge on any atom is 0.255 e. The normalized spacial score (nSPS) is 10.2. The van der Waals surface area contributed by atoms with E-state index in [4.69, 9.17) is 4.74 Å². The molecule has 0 bridgehead atoms. The average molecular weight is 346 g/mol. The summed E-state index contributed by atoms with van der Waals surface area (Å²) in [6.45, 7) is 4.62. The Morgan fingerprint density at radius 2 is 1.35 bits per heavy atom. The van der Waals surface area contributed by atoms with Crippen LogP contribution in [0.4, 0.5) is 17.1 Å². The molecule has 0 spiro atoms. The molecule has 2 N–H and O–H groups in total. The summed E-state index contributed by atoms with van der Waals surface area (Å²) in [4.78, 5) is 12.2. The highest BCUT2D eigenvalue weighted by Crippen LogP contribution is 2.21. The summed E-state index contributed by atoms with van der Waals surface area (Å²) in [5.74, 6) is 0.740. The van der Waals surface area contributed by atoms with Crippen LogP contribution in [0.15, 0.2) is 72.8 Å². The Bertz CT molecular complexity index is 854. The largest absolute Gasteiger partial charge is 0.494 e. The van der Waals surface area contributed by atoms with Gasteiger partial charge in [-0.1, -0.05) is 17.7 Å². The summed E-state index contributed by atoms with van der Waals surface area (Å²) in [5, 5.41) is 6.23. The maximum absolute atomic E-state index is 12.2. The second-order valence-corrected chi connectivity index (χ2v) is 5.98. The van der Waals surface area contributed by atoms with Gasteiger partial charge in [0.15, 0.2) is 0 Å². The molecule has 3 aromatic carbocycles. The third kappa shape index (κ3) is 4.63. The van der Waals surface area contributed by atoms with Crippen molar-refractivity contribution >= 4 is 23.0 Å². The van der Waals surface area contributed by atoms with Crippen LogP contribution >= 0.6 is 0 Å². The molecule has 0 unspecified atom stereocenters. The van der Waals surface area contributed by atoms with Crippen molar-refractivity contribution in [1.82, 2.24) is 0 Å². The second-order valence-electron chi connectivity index (χ2n) is 5.98. The zero-order chi connectivity index (χ0) is 18.4. The molecule has 4 heteroatoms. The summed E-state index contributed by atoms with van der Waals surface area (Å²) < 4.78 is 5.44. The Balaban J connectivity index is 1.61. The molecular weight excluding hydrogens is 324 g/mol. The van der Waals surface area contributed by atoms with Crippen LogP contribution in [0.1, 0.15) is 22.8 Å². The van der Waals surface area contributed by atoms with Crippen molar-refractivity contribution in [3.05, 3.63) is 83.9 Å². The van der Waals surface area contributed by atoms with Gasteiger partial charge in [0, 0.05) is 22.6 Å². The van der Waals surface area contributed by atoms with Gasteiger partial charge in [-0.15, -0.1) is 0 Å². The summed E-state index contributed by atoms with van der Waals surface area (Å²) >= 11 is 0. The summed E-state index contributed by atoms with van der Waals surface area (Å²) in [6.07, 6.45) is 0. The highest BCUT2D eigenvalue weighted by atomic mass is 16.5. The van der Waals surface area contributed by atoms with E-state index >= 15 is 0 Å². The number of rotatable bonds is 6. The molecule has 26 heavy (non-hydrogen) atoms. The lowest BCUT2D eigenvalue weighted by Gasteiger charge is -2.10. The molecule has 3 rings (SSSR count). The van der Waals surface area contributed by atoms with Crippen LogP contribution < -0.4 is 15.4 Å². The van der Waals surface area contributed by atoms with Gasteiger partial charge in [-0.05, 0) is 74.5 Å². The number of aryl methyl sites for hydroxylation is 1. The molecule has 0 saturated heterocycles. The van der Waals surface area contributed by atoms with E-state index in [9.17, 15) is 4.79 Å². The molecule has 4 nitrogen and oxygen atoms in total. The van der Waals surface area contributed by atoms with Crippen molar-refractivity contribution in [2.24, 2.45) is 0 Å². The highest BCUT2D eigenvalue weighted by Gasteiger charge is 2.05. The molecule has 0 aliphatic rings. The molecular formula is C22H22N2O2. The van der Waals surface area contributed by atoms with Crippen LogP contribution in [-0.4, -0.2) is 12.5 Å². The first-order chi connectivity index (χ1) is 12.6. The maximum atomic E-state index is 12.2. The van der Waals surface area contributed by atoms with Crippen molar-refractivity contribution in [2.75, 3.05) is 17.2 Å². The third-order valence-corrected chi connectivity index (χ3v) is 3.91. The van der Waals surface area contributed by atoms with Crippen molar-refractivity contribution in [2.45, 2.75) is 13.8 Å².